The highest BCUT2D eigenvalue weighted by Crippen LogP contribution is 2.16. The molecule has 5 nitrogen and oxygen atoms in total. The molecule has 0 spiro atoms. The summed E-state index contributed by atoms with van der Waals surface area (Å²) in [6.07, 6.45) is 3.55. The topological polar surface area (TPSA) is 69.4 Å². The first-order valence-electron chi connectivity index (χ1n) is 4.51. The number of anilines is 1. The number of aromatic amines is 2. The number of aromatic nitrogens is 4. The second-order valence-electron chi connectivity index (χ2n) is 3.20. The van der Waals surface area contributed by atoms with Crippen LogP contribution >= 0.6 is 0 Å². The van der Waals surface area contributed by atoms with Crippen LogP contribution in [0.25, 0.3) is 0 Å². The molecule has 0 bridgehead atoms. The Morgan fingerprint density at radius 2 is 2.29 bits per heavy atom. The Morgan fingerprint density at radius 3 is 2.86 bits per heavy atom. The second kappa shape index (κ2) is 3.53. The molecule has 5 heteroatoms. The van der Waals surface area contributed by atoms with Gasteiger partial charge in [0.2, 0.25) is 0 Å². The van der Waals surface area contributed by atoms with Crippen LogP contribution in [0.15, 0.2) is 12.4 Å². The molecule has 0 amide bonds. The van der Waals surface area contributed by atoms with Gasteiger partial charge >= 0.3 is 0 Å². The molecular formula is C9H13N5. The van der Waals surface area contributed by atoms with Gasteiger partial charge in [-0.2, -0.15) is 5.10 Å². The van der Waals surface area contributed by atoms with Gasteiger partial charge in [-0.25, -0.2) is 4.98 Å². The van der Waals surface area contributed by atoms with E-state index in [0.717, 1.165) is 22.9 Å². The maximum atomic E-state index is 4.13. The average molecular weight is 191 g/mol. The summed E-state index contributed by atoms with van der Waals surface area (Å²) in [5, 5.41) is 10.3. The van der Waals surface area contributed by atoms with Crippen molar-refractivity contribution in [2.75, 3.05) is 5.32 Å². The molecule has 3 N–H and O–H groups in total. The first-order chi connectivity index (χ1) is 6.77. The van der Waals surface area contributed by atoms with Crippen LogP contribution in [-0.2, 0) is 6.54 Å². The smallest absolute Gasteiger partial charge is 0.125 e. The van der Waals surface area contributed by atoms with Gasteiger partial charge in [-0.3, -0.25) is 5.10 Å². The van der Waals surface area contributed by atoms with Gasteiger partial charge in [0.25, 0.3) is 0 Å². The molecular weight excluding hydrogens is 178 g/mol. The fourth-order valence-electron chi connectivity index (χ4n) is 1.38. The molecule has 0 saturated heterocycles. The summed E-state index contributed by atoms with van der Waals surface area (Å²) in [7, 11) is 0. The Balaban J connectivity index is 2.05. The van der Waals surface area contributed by atoms with Crippen molar-refractivity contribution in [3.8, 4) is 0 Å². The molecule has 0 fully saturated rings. The zero-order valence-corrected chi connectivity index (χ0v) is 8.26. The largest absolute Gasteiger partial charge is 0.375 e. The molecule has 2 aromatic rings. The molecule has 74 valence electrons. The SMILES string of the molecule is Cc1n[nH]c(C)c1NCc1ncc[nH]1. The minimum Gasteiger partial charge on any atom is -0.375 e. The van der Waals surface area contributed by atoms with Gasteiger partial charge in [-0.05, 0) is 13.8 Å². The van der Waals surface area contributed by atoms with Gasteiger partial charge < -0.3 is 10.3 Å². The molecule has 0 aliphatic carbocycles. The maximum absolute atomic E-state index is 4.13. The normalized spacial score (nSPS) is 10.4. The summed E-state index contributed by atoms with van der Waals surface area (Å²) in [5.74, 6) is 0.921. The summed E-state index contributed by atoms with van der Waals surface area (Å²) >= 11 is 0. The molecule has 14 heavy (non-hydrogen) atoms. The number of hydrogen-bond acceptors (Lipinski definition) is 3. The summed E-state index contributed by atoms with van der Waals surface area (Å²) in [6, 6.07) is 0. The van der Waals surface area contributed by atoms with E-state index >= 15 is 0 Å². The number of nitrogens with zero attached hydrogens (tertiary/aromatic N) is 2. The van der Waals surface area contributed by atoms with E-state index in [0.29, 0.717) is 6.54 Å². The lowest BCUT2D eigenvalue weighted by Gasteiger charge is -2.03. The van der Waals surface area contributed by atoms with Crippen molar-refractivity contribution in [1.29, 1.82) is 0 Å². The maximum Gasteiger partial charge on any atom is 0.125 e. The van der Waals surface area contributed by atoms with Gasteiger partial charge in [0.05, 0.1) is 23.6 Å². The third-order valence-electron chi connectivity index (χ3n) is 2.12. The molecule has 0 atom stereocenters. The predicted octanol–water partition coefficient (Wildman–Crippen LogP) is 1.36. The number of H-pyrrole nitrogens is 2. The first-order valence-corrected chi connectivity index (χ1v) is 4.51. The zero-order valence-electron chi connectivity index (χ0n) is 8.26. The molecule has 2 rings (SSSR count). The number of aryl methyl sites for hydroxylation is 2. The van der Waals surface area contributed by atoms with Crippen molar-refractivity contribution in [3.63, 3.8) is 0 Å². The third kappa shape index (κ3) is 1.61. The van der Waals surface area contributed by atoms with E-state index in [2.05, 4.69) is 25.5 Å². The highest BCUT2D eigenvalue weighted by molar-refractivity contribution is 5.51. The lowest BCUT2D eigenvalue weighted by molar-refractivity contribution is 0.995. The zero-order chi connectivity index (χ0) is 9.97. The fraction of sp³-hybridized carbons (Fsp3) is 0.333. The molecule has 0 aliphatic heterocycles. The number of nitrogens with one attached hydrogen (secondary N) is 3. The summed E-state index contributed by atoms with van der Waals surface area (Å²) < 4.78 is 0. The van der Waals surface area contributed by atoms with Crippen LogP contribution in [0.3, 0.4) is 0 Å². The van der Waals surface area contributed by atoms with E-state index in [1.165, 1.54) is 0 Å². The molecule has 0 radical (unpaired) electrons. The van der Waals surface area contributed by atoms with Crippen molar-refractivity contribution in [2.24, 2.45) is 0 Å². The predicted molar refractivity (Wildman–Crippen MR) is 54.0 cm³/mol. The Labute approximate surface area is 82.0 Å². The number of imidazole rings is 1. The Kier molecular flexibility index (Phi) is 2.22. The summed E-state index contributed by atoms with van der Waals surface area (Å²) in [6.45, 7) is 4.65. The molecule has 2 aromatic heterocycles. The van der Waals surface area contributed by atoms with Crippen LogP contribution in [0.4, 0.5) is 5.69 Å². The fourth-order valence-corrected chi connectivity index (χ4v) is 1.38. The van der Waals surface area contributed by atoms with E-state index in [1.807, 2.05) is 20.0 Å². The van der Waals surface area contributed by atoms with E-state index in [-0.39, 0.29) is 0 Å². The van der Waals surface area contributed by atoms with E-state index in [1.54, 1.807) is 6.20 Å². The van der Waals surface area contributed by atoms with E-state index in [9.17, 15) is 0 Å². The van der Waals surface area contributed by atoms with Gasteiger partial charge in [0.1, 0.15) is 5.82 Å². The van der Waals surface area contributed by atoms with Crippen molar-refractivity contribution >= 4 is 5.69 Å². The third-order valence-corrected chi connectivity index (χ3v) is 2.12. The highest BCUT2D eigenvalue weighted by atomic mass is 15.2. The van der Waals surface area contributed by atoms with Crippen LogP contribution in [0.1, 0.15) is 17.2 Å². The first kappa shape index (κ1) is 8.80. The summed E-state index contributed by atoms with van der Waals surface area (Å²) in [5.41, 5.74) is 3.09. The van der Waals surface area contributed by atoms with Gasteiger partial charge in [-0.1, -0.05) is 0 Å². The minimum atomic E-state index is 0.689. The van der Waals surface area contributed by atoms with Crippen molar-refractivity contribution < 1.29 is 0 Å². The summed E-state index contributed by atoms with van der Waals surface area (Å²) in [4.78, 5) is 7.16. The number of rotatable bonds is 3. The van der Waals surface area contributed by atoms with E-state index in [4.69, 9.17) is 0 Å². The molecule has 0 unspecified atom stereocenters. The van der Waals surface area contributed by atoms with Crippen LogP contribution in [0.2, 0.25) is 0 Å². The van der Waals surface area contributed by atoms with Crippen molar-refractivity contribution in [3.05, 3.63) is 29.6 Å². The van der Waals surface area contributed by atoms with Crippen molar-refractivity contribution in [2.45, 2.75) is 20.4 Å². The molecule has 0 saturated carbocycles. The van der Waals surface area contributed by atoms with E-state index < -0.39 is 0 Å². The minimum absolute atomic E-state index is 0.689. The lowest BCUT2D eigenvalue weighted by Crippen LogP contribution is -2.02. The van der Waals surface area contributed by atoms with Crippen LogP contribution in [0.5, 0.6) is 0 Å². The Hall–Kier alpha value is -1.78. The Morgan fingerprint density at radius 1 is 1.43 bits per heavy atom. The van der Waals surface area contributed by atoms with Crippen LogP contribution in [0, 0.1) is 13.8 Å². The monoisotopic (exact) mass is 191 g/mol. The Bertz CT molecular complexity index is 381. The van der Waals surface area contributed by atoms with Gasteiger partial charge in [0.15, 0.2) is 0 Å². The molecule has 0 aliphatic rings. The van der Waals surface area contributed by atoms with Gasteiger partial charge in [0, 0.05) is 12.4 Å². The molecule has 2 heterocycles. The van der Waals surface area contributed by atoms with Crippen LogP contribution < -0.4 is 5.32 Å². The number of hydrogen-bond donors (Lipinski definition) is 3. The quantitative estimate of drug-likeness (QED) is 0.686. The standard InChI is InChI=1S/C9H13N5/c1-6-9(7(2)14-13-6)12-5-8-10-3-4-11-8/h3-4,12H,5H2,1-2H3,(H,10,11)(H,13,14). The molecule has 0 aromatic carbocycles. The van der Waals surface area contributed by atoms with Gasteiger partial charge in [-0.15, -0.1) is 0 Å². The van der Waals surface area contributed by atoms with Crippen LogP contribution in [-0.4, -0.2) is 20.2 Å². The lowest BCUT2D eigenvalue weighted by atomic mass is 10.3. The second-order valence-corrected chi connectivity index (χ2v) is 3.20. The van der Waals surface area contributed by atoms with Crippen molar-refractivity contribution in [1.82, 2.24) is 20.2 Å². The average Bonchev–Trinajstić information content (AvgIpc) is 2.76. The highest BCUT2D eigenvalue weighted by Gasteiger charge is 2.05.